The van der Waals surface area contributed by atoms with Crippen LogP contribution < -0.4 is 0 Å². The molecule has 0 bridgehead atoms. The zero-order valence-corrected chi connectivity index (χ0v) is 14.4. The Hall–Kier alpha value is -1.44. The van der Waals surface area contributed by atoms with Gasteiger partial charge in [-0.25, -0.2) is 13.2 Å². The van der Waals surface area contributed by atoms with Crippen LogP contribution in [-0.2, 0) is 16.4 Å². The first kappa shape index (κ1) is 16.9. The first-order valence-electron chi connectivity index (χ1n) is 6.80. The summed E-state index contributed by atoms with van der Waals surface area (Å²) in [5.74, 6) is -0.895. The predicted octanol–water partition coefficient (Wildman–Crippen LogP) is 2.46. The molecule has 0 aliphatic heterocycles. The average molecular weight is 341 g/mol. The third-order valence-electron chi connectivity index (χ3n) is 3.60. The fourth-order valence-electron chi connectivity index (χ4n) is 2.40. The highest BCUT2D eigenvalue weighted by Crippen LogP contribution is 2.32. The summed E-state index contributed by atoms with van der Waals surface area (Å²) >= 11 is 1.25. The van der Waals surface area contributed by atoms with Crippen molar-refractivity contribution in [1.29, 1.82) is 0 Å². The number of sulfone groups is 1. The van der Waals surface area contributed by atoms with Gasteiger partial charge in [-0.2, -0.15) is 0 Å². The molecular formula is C15H19NO4S2. The van der Waals surface area contributed by atoms with E-state index in [0.29, 0.717) is 11.4 Å². The van der Waals surface area contributed by atoms with Gasteiger partial charge in [0.05, 0.1) is 5.75 Å². The van der Waals surface area contributed by atoms with Gasteiger partial charge in [-0.15, -0.1) is 11.3 Å². The van der Waals surface area contributed by atoms with Crippen LogP contribution in [0.5, 0.6) is 0 Å². The van der Waals surface area contributed by atoms with Crippen LogP contribution in [0.2, 0.25) is 0 Å². The molecule has 2 rings (SSSR count). The van der Waals surface area contributed by atoms with E-state index in [0.717, 1.165) is 15.6 Å². The van der Waals surface area contributed by atoms with Gasteiger partial charge in [-0.05, 0) is 31.0 Å². The van der Waals surface area contributed by atoms with Crippen molar-refractivity contribution in [3.05, 3.63) is 34.7 Å². The van der Waals surface area contributed by atoms with Crippen molar-refractivity contribution in [1.82, 2.24) is 4.90 Å². The maximum absolute atomic E-state index is 11.5. The number of hydrogen-bond acceptors (Lipinski definition) is 5. The van der Waals surface area contributed by atoms with Gasteiger partial charge in [-0.3, -0.25) is 4.90 Å². The number of carboxylic acids is 1. The molecule has 22 heavy (non-hydrogen) atoms. The molecule has 120 valence electrons. The highest BCUT2D eigenvalue weighted by Gasteiger charge is 2.21. The maximum atomic E-state index is 11.5. The lowest BCUT2D eigenvalue weighted by atomic mass is 10.1. The molecule has 0 spiro atoms. The van der Waals surface area contributed by atoms with Gasteiger partial charge in [0.15, 0.2) is 0 Å². The van der Waals surface area contributed by atoms with Crippen molar-refractivity contribution in [3.8, 4) is 0 Å². The van der Waals surface area contributed by atoms with Crippen LogP contribution in [-0.4, -0.2) is 49.5 Å². The van der Waals surface area contributed by atoms with E-state index in [9.17, 15) is 18.3 Å². The lowest BCUT2D eigenvalue weighted by Gasteiger charge is -2.24. The van der Waals surface area contributed by atoms with Gasteiger partial charge in [-0.1, -0.05) is 18.2 Å². The molecule has 7 heteroatoms. The summed E-state index contributed by atoms with van der Waals surface area (Å²) in [6.07, 6.45) is 1.21. The molecule has 5 nitrogen and oxygen atoms in total. The van der Waals surface area contributed by atoms with Crippen molar-refractivity contribution in [2.24, 2.45) is 0 Å². The van der Waals surface area contributed by atoms with Gasteiger partial charge < -0.3 is 5.11 Å². The van der Waals surface area contributed by atoms with Crippen LogP contribution in [0.15, 0.2) is 24.3 Å². The number of nitrogens with zero attached hydrogens (tertiary/aromatic N) is 1. The minimum absolute atomic E-state index is 0.0496. The third kappa shape index (κ3) is 3.85. The van der Waals surface area contributed by atoms with Crippen molar-refractivity contribution in [3.63, 3.8) is 0 Å². The predicted molar refractivity (Wildman–Crippen MR) is 89.4 cm³/mol. The van der Waals surface area contributed by atoms with Gasteiger partial charge in [0, 0.05) is 23.5 Å². The Kier molecular flexibility index (Phi) is 4.89. The van der Waals surface area contributed by atoms with Gasteiger partial charge in [0.1, 0.15) is 14.7 Å². The number of hydrogen-bond donors (Lipinski definition) is 1. The quantitative estimate of drug-likeness (QED) is 0.873. The standard InChI is InChI=1S/C15H19NO4S2/c1-10(9-22(3,19)20)16(2)8-12-11-6-4-5-7-13(11)21-14(12)15(17)18/h4-7,10H,8-9H2,1-3H3,(H,17,18). The Morgan fingerprint density at radius 3 is 2.59 bits per heavy atom. The lowest BCUT2D eigenvalue weighted by molar-refractivity contribution is 0.0700. The van der Waals surface area contributed by atoms with Gasteiger partial charge >= 0.3 is 5.97 Å². The molecule has 1 heterocycles. The molecule has 1 aromatic carbocycles. The molecule has 1 atom stereocenters. The smallest absolute Gasteiger partial charge is 0.346 e. The topological polar surface area (TPSA) is 74.7 Å². The fourth-order valence-corrected chi connectivity index (χ4v) is 4.58. The number of aromatic carboxylic acids is 1. The molecule has 0 saturated carbocycles. The van der Waals surface area contributed by atoms with Gasteiger partial charge in [0.2, 0.25) is 0 Å². The minimum atomic E-state index is -3.07. The minimum Gasteiger partial charge on any atom is -0.477 e. The van der Waals surface area contributed by atoms with Crippen LogP contribution in [0.3, 0.4) is 0 Å². The Morgan fingerprint density at radius 2 is 2.00 bits per heavy atom. The summed E-state index contributed by atoms with van der Waals surface area (Å²) in [6, 6.07) is 7.38. The zero-order chi connectivity index (χ0) is 16.5. The van der Waals surface area contributed by atoms with E-state index in [4.69, 9.17) is 0 Å². The van der Waals surface area contributed by atoms with E-state index >= 15 is 0 Å². The summed E-state index contributed by atoms with van der Waals surface area (Å²) in [7, 11) is -1.26. The van der Waals surface area contributed by atoms with Crippen molar-refractivity contribution in [2.75, 3.05) is 19.1 Å². The number of carbonyl (C=O) groups is 1. The molecule has 0 aliphatic rings. The normalized spacial score (nSPS) is 13.6. The molecule has 1 unspecified atom stereocenters. The zero-order valence-electron chi connectivity index (χ0n) is 12.7. The van der Waals surface area contributed by atoms with E-state index in [2.05, 4.69) is 0 Å². The van der Waals surface area contributed by atoms with Crippen molar-refractivity contribution < 1.29 is 18.3 Å². The Labute approximate surface area is 134 Å². The fraction of sp³-hybridized carbons (Fsp3) is 0.400. The van der Waals surface area contributed by atoms with E-state index < -0.39 is 15.8 Å². The van der Waals surface area contributed by atoms with E-state index in [-0.39, 0.29) is 11.8 Å². The number of rotatable bonds is 6. The van der Waals surface area contributed by atoms with Crippen LogP contribution in [0.25, 0.3) is 10.1 Å². The largest absolute Gasteiger partial charge is 0.477 e. The van der Waals surface area contributed by atoms with E-state index in [1.807, 2.05) is 43.1 Å². The van der Waals surface area contributed by atoms with Crippen LogP contribution in [0.4, 0.5) is 0 Å². The average Bonchev–Trinajstić information content (AvgIpc) is 2.76. The number of thiophene rings is 1. The number of benzene rings is 1. The third-order valence-corrected chi connectivity index (χ3v) is 5.89. The first-order chi connectivity index (χ1) is 10.2. The van der Waals surface area contributed by atoms with Crippen LogP contribution >= 0.6 is 11.3 Å². The Morgan fingerprint density at radius 1 is 1.36 bits per heavy atom. The van der Waals surface area contributed by atoms with Crippen molar-refractivity contribution >= 4 is 37.2 Å². The van der Waals surface area contributed by atoms with E-state index in [1.54, 1.807) is 0 Å². The SMILES string of the molecule is CC(CS(C)(=O)=O)N(C)Cc1c(C(=O)O)sc2ccccc12. The molecule has 0 amide bonds. The maximum Gasteiger partial charge on any atom is 0.346 e. The second-order valence-corrected chi connectivity index (χ2v) is 8.80. The number of carboxylic acid groups (broad SMARTS) is 1. The second kappa shape index (κ2) is 6.36. The highest BCUT2D eigenvalue weighted by molar-refractivity contribution is 7.90. The monoisotopic (exact) mass is 341 g/mol. The second-order valence-electron chi connectivity index (χ2n) is 5.57. The molecule has 0 saturated heterocycles. The van der Waals surface area contributed by atoms with Gasteiger partial charge in [0.25, 0.3) is 0 Å². The van der Waals surface area contributed by atoms with Crippen LogP contribution in [0, 0.1) is 0 Å². The Bertz CT molecular complexity index is 795. The lowest BCUT2D eigenvalue weighted by Crippen LogP contribution is -2.34. The summed E-state index contributed by atoms with van der Waals surface area (Å²) < 4.78 is 23.8. The molecule has 0 radical (unpaired) electrons. The molecule has 1 N–H and O–H groups in total. The Balaban J connectivity index is 2.34. The first-order valence-corrected chi connectivity index (χ1v) is 9.68. The molecule has 0 fully saturated rings. The molecular weight excluding hydrogens is 322 g/mol. The molecule has 0 aliphatic carbocycles. The highest BCUT2D eigenvalue weighted by atomic mass is 32.2. The summed E-state index contributed by atoms with van der Waals surface area (Å²) in [5, 5.41) is 10.3. The molecule has 2 aromatic rings. The number of fused-ring (bicyclic) bond motifs is 1. The molecule has 1 aromatic heterocycles. The van der Waals surface area contributed by atoms with Crippen molar-refractivity contribution in [2.45, 2.75) is 19.5 Å². The van der Waals surface area contributed by atoms with E-state index in [1.165, 1.54) is 17.6 Å². The summed E-state index contributed by atoms with van der Waals surface area (Å²) in [6.45, 7) is 2.23. The summed E-state index contributed by atoms with van der Waals surface area (Å²) in [5.41, 5.74) is 0.746. The summed E-state index contributed by atoms with van der Waals surface area (Å²) in [4.78, 5) is 13.7. The van der Waals surface area contributed by atoms with Crippen LogP contribution in [0.1, 0.15) is 22.2 Å².